The third kappa shape index (κ3) is 20.2. The highest BCUT2D eigenvalue weighted by Gasteiger charge is 2.31. The zero-order chi connectivity index (χ0) is 42.9. The molecule has 0 aromatic rings. The second-order valence-electron chi connectivity index (χ2n) is 14.4. The van der Waals surface area contributed by atoms with E-state index >= 15 is 0 Å². The Kier molecular flexibility index (Phi) is 23.9. The van der Waals surface area contributed by atoms with Gasteiger partial charge in [0.15, 0.2) is 0 Å². The number of amides is 4. The molecule has 2 rings (SSSR count). The lowest BCUT2D eigenvalue weighted by atomic mass is 10.1. The summed E-state index contributed by atoms with van der Waals surface area (Å²) in [4.78, 5) is 105. The summed E-state index contributed by atoms with van der Waals surface area (Å²) >= 11 is 0. The van der Waals surface area contributed by atoms with Crippen molar-refractivity contribution in [1.29, 1.82) is 0 Å². The molecule has 2 unspecified atom stereocenters. The van der Waals surface area contributed by atoms with E-state index in [1.165, 1.54) is 12.2 Å². The Labute approximate surface area is 338 Å². The van der Waals surface area contributed by atoms with Crippen molar-refractivity contribution in [3.8, 4) is 0 Å². The fraction of sp³-hybridized carbons (Fsp3) is 0.730. The molecule has 4 amide bonds. The van der Waals surface area contributed by atoms with E-state index in [9.17, 15) is 58.8 Å². The molecule has 0 aromatic heterocycles. The van der Waals surface area contributed by atoms with Crippen LogP contribution in [-0.2, 0) is 38.4 Å². The van der Waals surface area contributed by atoms with Crippen LogP contribution in [0.5, 0.6) is 0 Å². The Morgan fingerprint density at radius 3 is 1.59 bits per heavy atom. The largest absolute Gasteiger partial charge is 0.480 e. The number of nitrogens with one attached hydrogen (secondary N) is 3. The molecule has 0 radical (unpaired) electrons. The lowest BCUT2D eigenvalue weighted by Crippen LogP contribution is -2.53. The molecule has 0 bridgehead atoms. The minimum absolute atomic E-state index is 0.0294. The molecule has 328 valence electrons. The molecule has 9 N–H and O–H groups in total. The lowest BCUT2D eigenvalue weighted by molar-refractivity contribution is -0.145. The molecule has 21 heteroatoms. The van der Waals surface area contributed by atoms with Crippen LogP contribution in [0.15, 0.2) is 12.2 Å². The van der Waals surface area contributed by atoms with Crippen LogP contribution in [0, 0.1) is 0 Å². The van der Waals surface area contributed by atoms with E-state index in [1.54, 1.807) is 19.6 Å². The van der Waals surface area contributed by atoms with Gasteiger partial charge in [-0.2, -0.15) is 0 Å². The number of carboxylic acid groups (broad SMARTS) is 4. The summed E-state index contributed by atoms with van der Waals surface area (Å²) in [5.74, 6) is -5.66. The van der Waals surface area contributed by atoms with Gasteiger partial charge in [-0.05, 0) is 38.5 Å². The standard InChI is InChI=1S/C37H63N9O12/c38-12-14-39-15-16-41-31(48)9-8-29(37(57)58)45-24-20-42(26-34(51)52)18-22-44(23-19-43(21-25-45)27-35(53)54)28(36(55)56)6-3-4-13-40-30(47)7-2-1-5-17-46-32(49)10-11-33(46)50/h10-11,28-29,39H,1-9,12-27,38H2,(H,40,47)(H,41,48)(H,51,52)(H,53,54)(H,55,56)(H,57,58). The maximum atomic E-state index is 12.6. The predicted molar refractivity (Wildman–Crippen MR) is 210 cm³/mol. The molecular formula is C37H63N9O12. The summed E-state index contributed by atoms with van der Waals surface area (Å²) in [5, 5.41) is 48.4. The number of carboxylic acids is 4. The highest BCUT2D eigenvalue weighted by molar-refractivity contribution is 6.12. The monoisotopic (exact) mass is 825 g/mol. The van der Waals surface area contributed by atoms with Crippen LogP contribution in [0.25, 0.3) is 0 Å². The van der Waals surface area contributed by atoms with Crippen LogP contribution in [-0.4, -0.2) is 209 Å². The number of nitrogens with zero attached hydrogens (tertiary/aromatic N) is 5. The normalized spacial score (nSPS) is 17.6. The van der Waals surface area contributed by atoms with Gasteiger partial charge in [-0.3, -0.25) is 62.9 Å². The number of hydrogen-bond acceptors (Lipinski definition) is 14. The molecule has 58 heavy (non-hydrogen) atoms. The number of hydrogen-bond donors (Lipinski definition) is 8. The van der Waals surface area contributed by atoms with E-state index in [0.717, 1.165) is 4.90 Å². The van der Waals surface area contributed by atoms with Crippen molar-refractivity contribution >= 4 is 47.5 Å². The van der Waals surface area contributed by atoms with E-state index in [0.29, 0.717) is 71.4 Å². The Morgan fingerprint density at radius 1 is 0.586 bits per heavy atom. The average Bonchev–Trinajstić information content (AvgIpc) is 3.47. The van der Waals surface area contributed by atoms with Crippen molar-refractivity contribution in [2.24, 2.45) is 5.73 Å². The number of imide groups is 1. The lowest BCUT2D eigenvalue weighted by Gasteiger charge is -2.37. The third-order valence-electron chi connectivity index (χ3n) is 9.99. The summed E-state index contributed by atoms with van der Waals surface area (Å²) in [7, 11) is 0. The number of rotatable bonds is 27. The van der Waals surface area contributed by atoms with Gasteiger partial charge in [-0.15, -0.1) is 0 Å². The maximum Gasteiger partial charge on any atom is 0.320 e. The average molecular weight is 826 g/mol. The summed E-state index contributed by atoms with van der Waals surface area (Å²) in [6.07, 6.45) is 5.62. The Hall–Kier alpha value is -4.54. The van der Waals surface area contributed by atoms with Crippen molar-refractivity contribution in [3.05, 3.63) is 12.2 Å². The Balaban J connectivity index is 2.00. The highest BCUT2D eigenvalue weighted by atomic mass is 16.4. The minimum Gasteiger partial charge on any atom is -0.480 e. The van der Waals surface area contributed by atoms with Crippen molar-refractivity contribution in [2.75, 3.05) is 105 Å². The van der Waals surface area contributed by atoms with Crippen molar-refractivity contribution < 1.29 is 58.8 Å². The van der Waals surface area contributed by atoms with Gasteiger partial charge in [0.2, 0.25) is 11.8 Å². The van der Waals surface area contributed by atoms with Gasteiger partial charge in [0.05, 0.1) is 13.1 Å². The second kappa shape index (κ2) is 28.0. The van der Waals surface area contributed by atoms with Crippen LogP contribution in [0.2, 0.25) is 0 Å². The summed E-state index contributed by atoms with van der Waals surface area (Å²) in [5.41, 5.74) is 5.44. The Bertz CT molecular complexity index is 1350. The van der Waals surface area contributed by atoms with Crippen molar-refractivity contribution in [1.82, 2.24) is 40.4 Å². The number of carbonyl (C=O) groups excluding carboxylic acids is 4. The molecule has 2 aliphatic heterocycles. The summed E-state index contributed by atoms with van der Waals surface area (Å²) < 4.78 is 0. The molecular weight excluding hydrogens is 762 g/mol. The summed E-state index contributed by atoms with van der Waals surface area (Å²) in [6, 6.07) is -2.08. The first-order chi connectivity index (χ1) is 27.7. The highest BCUT2D eigenvalue weighted by Crippen LogP contribution is 2.14. The molecule has 0 aliphatic carbocycles. The zero-order valence-electron chi connectivity index (χ0n) is 33.4. The van der Waals surface area contributed by atoms with Gasteiger partial charge in [0, 0.05) is 117 Å². The predicted octanol–water partition coefficient (Wildman–Crippen LogP) is -2.50. The molecule has 1 fully saturated rings. The topological polar surface area (TPSA) is 296 Å². The summed E-state index contributed by atoms with van der Waals surface area (Å²) in [6.45, 7) is 2.74. The zero-order valence-corrected chi connectivity index (χ0v) is 33.4. The van der Waals surface area contributed by atoms with Gasteiger partial charge in [-0.25, -0.2) is 0 Å². The van der Waals surface area contributed by atoms with Crippen LogP contribution in [0.1, 0.15) is 57.8 Å². The maximum absolute atomic E-state index is 12.6. The number of nitrogens with two attached hydrogens (primary N) is 1. The van der Waals surface area contributed by atoms with E-state index in [1.807, 2.05) is 0 Å². The molecule has 2 aliphatic rings. The van der Waals surface area contributed by atoms with Crippen LogP contribution < -0.4 is 21.7 Å². The van der Waals surface area contributed by atoms with E-state index in [2.05, 4.69) is 16.0 Å². The first-order valence-corrected chi connectivity index (χ1v) is 20.0. The fourth-order valence-electron chi connectivity index (χ4n) is 6.81. The van der Waals surface area contributed by atoms with Gasteiger partial charge >= 0.3 is 23.9 Å². The Morgan fingerprint density at radius 2 is 1.09 bits per heavy atom. The molecule has 0 aromatic carbocycles. The molecule has 2 heterocycles. The van der Waals surface area contributed by atoms with Gasteiger partial charge in [0.25, 0.3) is 11.8 Å². The molecule has 0 spiro atoms. The van der Waals surface area contributed by atoms with E-state index < -0.39 is 36.0 Å². The van der Waals surface area contributed by atoms with Crippen LogP contribution >= 0.6 is 0 Å². The van der Waals surface area contributed by atoms with Gasteiger partial charge < -0.3 is 42.1 Å². The first-order valence-electron chi connectivity index (χ1n) is 20.0. The van der Waals surface area contributed by atoms with Gasteiger partial charge in [-0.1, -0.05) is 6.42 Å². The SMILES string of the molecule is NCCNCCNC(=O)CCC(C(=O)O)N1CCN(CC(=O)O)CCN(C(CCCCNC(=O)CCCCCN2C(=O)C=CC2=O)C(=O)O)CCN(CC(=O)O)CC1. The smallest absolute Gasteiger partial charge is 0.320 e. The first kappa shape index (κ1) is 49.6. The molecule has 21 nitrogen and oxygen atoms in total. The van der Waals surface area contributed by atoms with E-state index in [-0.39, 0.29) is 115 Å². The third-order valence-corrected chi connectivity index (χ3v) is 9.99. The van der Waals surface area contributed by atoms with Crippen LogP contribution in [0.4, 0.5) is 0 Å². The fourth-order valence-corrected chi connectivity index (χ4v) is 6.81. The van der Waals surface area contributed by atoms with Gasteiger partial charge in [0.1, 0.15) is 12.1 Å². The number of carbonyl (C=O) groups is 8. The van der Waals surface area contributed by atoms with Crippen molar-refractivity contribution in [3.63, 3.8) is 0 Å². The number of unbranched alkanes of at least 4 members (excludes halogenated alkanes) is 3. The quantitative estimate of drug-likeness (QED) is 0.0314. The minimum atomic E-state index is -1.17. The molecule has 2 atom stereocenters. The van der Waals surface area contributed by atoms with Crippen LogP contribution in [0.3, 0.4) is 0 Å². The molecule has 1 saturated heterocycles. The number of aliphatic carboxylic acids is 4. The van der Waals surface area contributed by atoms with Crippen molar-refractivity contribution in [2.45, 2.75) is 69.9 Å². The molecule has 0 saturated carbocycles. The van der Waals surface area contributed by atoms with E-state index in [4.69, 9.17) is 5.73 Å². The second-order valence-corrected chi connectivity index (χ2v) is 14.4.